The van der Waals surface area contributed by atoms with Crippen LogP contribution in [0.15, 0.2) is 40.9 Å². The Kier molecular flexibility index (Phi) is 5.01. The van der Waals surface area contributed by atoms with E-state index in [0.717, 1.165) is 5.56 Å². The summed E-state index contributed by atoms with van der Waals surface area (Å²) in [5.41, 5.74) is 0.631. The topological polar surface area (TPSA) is 52.4 Å². The lowest BCUT2D eigenvalue weighted by molar-refractivity contribution is -0.385. The molecule has 0 fully saturated rings. The summed E-state index contributed by atoms with van der Waals surface area (Å²) in [6.45, 7) is 0. The third-order valence-electron chi connectivity index (χ3n) is 2.55. The molecule has 7 heteroatoms. The zero-order chi connectivity index (χ0) is 14.7. The molecule has 0 radical (unpaired) electrons. The number of nitrogens with zero attached hydrogens (tertiary/aromatic N) is 1. The van der Waals surface area contributed by atoms with E-state index in [0.29, 0.717) is 20.6 Å². The molecule has 0 atom stereocenters. The van der Waals surface area contributed by atoms with Crippen LogP contribution in [0.1, 0.15) is 5.56 Å². The number of rotatable bonds is 4. The summed E-state index contributed by atoms with van der Waals surface area (Å²) in [7, 11) is 0. The second-order valence-electron chi connectivity index (χ2n) is 3.82. The molecular formula is C13H8Br2ClNO3. The van der Waals surface area contributed by atoms with E-state index in [-0.39, 0.29) is 11.4 Å². The van der Waals surface area contributed by atoms with Crippen molar-refractivity contribution in [2.24, 2.45) is 0 Å². The normalized spacial score (nSPS) is 10.3. The summed E-state index contributed by atoms with van der Waals surface area (Å²) in [5.74, 6) is 0.655. The van der Waals surface area contributed by atoms with Gasteiger partial charge in [0.2, 0.25) is 5.75 Å². The van der Waals surface area contributed by atoms with Gasteiger partial charge in [-0.25, -0.2) is 0 Å². The van der Waals surface area contributed by atoms with Crippen molar-refractivity contribution < 1.29 is 9.66 Å². The number of hydrogen-bond donors (Lipinski definition) is 0. The van der Waals surface area contributed by atoms with E-state index in [1.54, 1.807) is 30.3 Å². The first-order chi connectivity index (χ1) is 9.52. The van der Waals surface area contributed by atoms with Crippen molar-refractivity contribution in [2.75, 3.05) is 0 Å². The van der Waals surface area contributed by atoms with Crippen LogP contribution in [0.25, 0.3) is 0 Å². The molecule has 2 rings (SSSR count). The predicted molar refractivity (Wildman–Crippen MR) is 85.0 cm³/mol. The molecule has 0 N–H and O–H groups in total. The molecule has 0 aliphatic heterocycles. The molecule has 0 aromatic heterocycles. The fraction of sp³-hybridized carbons (Fsp3) is 0.0769. The molecule has 0 bridgehead atoms. The Labute approximate surface area is 137 Å². The van der Waals surface area contributed by atoms with Gasteiger partial charge in [0.15, 0.2) is 0 Å². The standard InChI is InChI=1S/C13H8Br2ClNO3/c14-7-9-10(16)2-1-3-12(9)20-13-5-4-8(15)6-11(13)17(18)19/h1-6H,7H2. The quantitative estimate of drug-likeness (QED) is 0.362. The van der Waals surface area contributed by atoms with Gasteiger partial charge >= 0.3 is 5.69 Å². The lowest BCUT2D eigenvalue weighted by atomic mass is 10.2. The van der Waals surface area contributed by atoms with Crippen LogP contribution in [0.3, 0.4) is 0 Å². The smallest absolute Gasteiger partial charge is 0.312 e. The molecule has 0 spiro atoms. The number of nitro groups is 1. The van der Waals surface area contributed by atoms with Crippen LogP contribution in [0.2, 0.25) is 5.02 Å². The second-order valence-corrected chi connectivity index (χ2v) is 5.70. The monoisotopic (exact) mass is 419 g/mol. The average Bonchev–Trinajstić information content (AvgIpc) is 2.41. The van der Waals surface area contributed by atoms with Gasteiger partial charge in [0, 0.05) is 26.5 Å². The van der Waals surface area contributed by atoms with Gasteiger partial charge in [-0.1, -0.05) is 49.5 Å². The van der Waals surface area contributed by atoms with Crippen LogP contribution in [-0.4, -0.2) is 4.92 Å². The predicted octanol–water partition coefficient (Wildman–Crippen LogP) is 5.70. The van der Waals surface area contributed by atoms with E-state index in [2.05, 4.69) is 31.9 Å². The lowest BCUT2D eigenvalue weighted by Crippen LogP contribution is -1.95. The molecule has 4 nitrogen and oxygen atoms in total. The Balaban J connectivity index is 2.45. The number of nitro benzene ring substituents is 1. The molecule has 0 aliphatic carbocycles. The van der Waals surface area contributed by atoms with Gasteiger partial charge in [-0.15, -0.1) is 0 Å². The van der Waals surface area contributed by atoms with Crippen LogP contribution in [0.4, 0.5) is 5.69 Å². The fourth-order valence-electron chi connectivity index (χ4n) is 1.60. The van der Waals surface area contributed by atoms with Crippen molar-refractivity contribution >= 4 is 49.1 Å². The molecule has 0 amide bonds. The van der Waals surface area contributed by atoms with Crippen LogP contribution in [0.5, 0.6) is 11.5 Å². The summed E-state index contributed by atoms with van der Waals surface area (Å²) in [5, 5.41) is 12.1. The van der Waals surface area contributed by atoms with E-state index < -0.39 is 4.92 Å². The maximum absolute atomic E-state index is 11.1. The summed E-state index contributed by atoms with van der Waals surface area (Å²) in [6.07, 6.45) is 0. The van der Waals surface area contributed by atoms with Gasteiger partial charge in [-0.3, -0.25) is 10.1 Å². The first-order valence-electron chi connectivity index (χ1n) is 5.48. The van der Waals surface area contributed by atoms with Crippen molar-refractivity contribution in [1.29, 1.82) is 0 Å². The molecule has 0 unspecified atom stereocenters. The van der Waals surface area contributed by atoms with Gasteiger partial charge in [0.05, 0.1) is 4.92 Å². The van der Waals surface area contributed by atoms with E-state index in [9.17, 15) is 10.1 Å². The van der Waals surface area contributed by atoms with Crippen molar-refractivity contribution in [3.05, 3.63) is 61.6 Å². The summed E-state index contributed by atoms with van der Waals surface area (Å²) < 4.78 is 6.27. The van der Waals surface area contributed by atoms with Gasteiger partial charge in [0.1, 0.15) is 5.75 Å². The van der Waals surface area contributed by atoms with E-state index in [4.69, 9.17) is 16.3 Å². The lowest BCUT2D eigenvalue weighted by Gasteiger charge is -2.11. The highest BCUT2D eigenvalue weighted by molar-refractivity contribution is 9.10. The summed E-state index contributed by atoms with van der Waals surface area (Å²) in [4.78, 5) is 10.6. The molecule has 2 aromatic rings. The average molecular weight is 421 g/mol. The van der Waals surface area contributed by atoms with Crippen LogP contribution in [-0.2, 0) is 5.33 Å². The van der Waals surface area contributed by atoms with Gasteiger partial charge in [0.25, 0.3) is 0 Å². The first kappa shape index (κ1) is 15.3. The van der Waals surface area contributed by atoms with Gasteiger partial charge in [-0.05, 0) is 24.3 Å². The molecule has 20 heavy (non-hydrogen) atoms. The number of halogens is 3. The minimum absolute atomic E-state index is 0.111. The highest BCUT2D eigenvalue weighted by atomic mass is 79.9. The van der Waals surface area contributed by atoms with E-state index >= 15 is 0 Å². The van der Waals surface area contributed by atoms with Crippen molar-refractivity contribution in [3.8, 4) is 11.5 Å². The number of benzene rings is 2. The van der Waals surface area contributed by atoms with Crippen molar-refractivity contribution in [3.63, 3.8) is 0 Å². The third kappa shape index (κ3) is 3.31. The maximum Gasteiger partial charge on any atom is 0.312 e. The Morgan fingerprint density at radius 2 is 2.00 bits per heavy atom. The molecule has 0 saturated heterocycles. The SMILES string of the molecule is O=[N+]([O-])c1cc(Br)ccc1Oc1cccc(Cl)c1CBr. The molecule has 0 aliphatic rings. The molecule has 0 heterocycles. The molecule has 0 saturated carbocycles. The third-order valence-corrected chi connectivity index (χ3v) is 3.96. The zero-order valence-corrected chi connectivity index (χ0v) is 13.9. The number of alkyl halides is 1. The minimum Gasteiger partial charge on any atom is -0.450 e. The number of hydrogen-bond acceptors (Lipinski definition) is 3. The minimum atomic E-state index is -0.488. The largest absolute Gasteiger partial charge is 0.450 e. The molecule has 2 aromatic carbocycles. The van der Waals surface area contributed by atoms with Gasteiger partial charge < -0.3 is 4.74 Å². The van der Waals surface area contributed by atoms with Crippen molar-refractivity contribution in [1.82, 2.24) is 0 Å². The van der Waals surface area contributed by atoms with Crippen LogP contribution in [0, 0.1) is 10.1 Å². The Morgan fingerprint density at radius 3 is 2.65 bits per heavy atom. The Bertz CT molecular complexity index is 664. The van der Waals surface area contributed by atoms with Crippen LogP contribution >= 0.6 is 43.5 Å². The van der Waals surface area contributed by atoms with Gasteiger partial charge in [-0.2, -0.15) is 0 Å². The Morgan fingerprint density at radius 1 is 1.25 bits per heavy atom. The van der Waals surface area contributed by atoms with Crippen LogP contribution < -0.4 is 4.74 Å². The maximum atomic E-state index is 11.1. The number of ether oxygens (including phenoxy) is 1. The second kappa shape index (κ2) is 6.56. The molecular weight excluding hydrogens is 413 g/mol. The summed E-state index contributed by atoms with van der Waals surface area (Å²) in [6, 6.07) is 9.80. The molecule has 104 valence electrons. The summed E-state index contributed by atoms with van der Waals surface area (Å²) >= 11 is 12.6. The Hall–Kier alpha value is -1.11. The highest BCUT2D eigenvalue weighted by Gasteiger charge is 2.18. The van der Waals surface area contributed by atoms with E-state index in [1.165, 1.54) is 6.07 Å². The highest BCUT2D eigenvalue weighted by Crippen LogP contribution is 2.37. The zero-order valence-electron chi connectivity index (χ0n) is 9.98. The van der Waals surface area contributed by atoms with E-state index in [1.807, 2.05) is 0 Å². The van der Waals surface area contributed by atoms with Crippen molar-refractivity contribution in [2.45, 2.75) is 5.33 Å². The first-order valence-corrected chi connectivity index (χ1v) is 7.77. The fourth-order valence-corrected chi connectivity index (χ4v) is 2.92.